The van der Waals surface area contributed by atoms with E-state index < -0.39 is 8.32 Å². The fraction of sp³-hybridized carbons (Fsp3) is 0.840. The topological polar surface area (TPSA) is 55.8 Å². The van der Waals surface area contributed by atoms with E-state index >= 15 is 0 Å². The van der Waals surface area contributed by atoms with Crippen LogP contribution < -0.4 is 0 Å². The van der Waals surface area contributed by atoms with Gasteiger partial charge in [-0.05, 0) is 70.5 Å². The number of hydrogen-bond acceptors (Lipinski definition) is 4. The van der Waals surface area contributed by atoms with Crippen molar-refractivity contribution in [3.63, 3.8) is 0 Å². The number of amides is 1. The van der Waals surface area contributed by atoms with Crippen molar-refractivity contribution < 1.29 is 23.0 Å². The molecular weight excluding hydrogens is 448 g/mol. The highest BCUT2D eigenvalue weighted by Gasteiger charge is 2.29. The molecule has 0 aromatic carbocycles. The lowest BCUT2D eigenvalue weighted by molar-refractivity contribution is -0.929. The summed E-state index contributed by atoms with van der Waals surface area (Å²) in [6, 6.07) is 1.25. The molecule has 0 bridgehead atoms. The first-order valence-corrected chi connectivity index (χ1v) is 17.2. The molecule has 1 saturated heterocycles. The third kappa shape index (κ3) is 11.8. The molecule has 33 heavy (non-hydrogen) atoms. The van der Waals surface area contributed by atoms with Crippen molar-refractivity contribution >= 4 is 30.7 Å². The zero-order chi connectivity index (χ0) is 24.7. The maximum Gasteiger partial charge on any atom is 0.333 e. The van der Waals surface area contributed by atoms with Crippen molar-refractivity contribution in [3.05, 3.63) is 12.3 Å². The molecule has 1 unspecified atom stereocenters. The molecule has 6 nitrogen and oxygen atoms in total. The Balaban J connectivity index is 2.55. The Morgan fingerprint density at radius 1 is 0.970 bits per heavy atom. The largest absolute Gasteiger partial charge is 0.463 e. The van der Waals surface area contributed by atoms with Crippen molar-refractivity contribution in [1.82, 2.24) is 5.06 Å². The fourth-order valence-corrected chi connectivity index (χ4v) is 6.42. The molecule has 1 rings (SSSR count). The van der Waals surface area contributed by atoms with E-state index in [9.17, 15) is 9.59 Å². The van der Waals surface area contributed by atoms with E-state index in [-0.39, 0.29) is 11.9 Å². The molecule has 0 saturated carbocycles. The molecule has 1 atom stereocenters. The van der Waals surface area contributed by atoms with Gasteiger partial charge in [0.25, 0.3) is 5.91 Å². The Hall–Kier alpha value is -0.966. The van der Waals surface area contributed by atoms with Gasteiger partial charge in [-0.25, -0.2) is 4.79 Å². The molecule has 1 heterocycles. The number of carbonyl (C=O) groups is 2. The number of nitrogens with zero attached hydrogens (tertiary/aromatic N) is 2. The fourth-order valence-electron chi connectivity index (χ4n) is 4.59. The van der Waals surface area contributed by atoms with Gasteiger partial charge in [0.2, 0.25) is 0 Å². The highest BCUT2D eigenvalue weighted by Crippen LogP contribution is 2.22. The Morgan fingerprint density at radius 2 is 1.58 bits per heavy atom. The summed E-state index contributed by atoms with van der Waals surface area (Å²) in [4.78, 5) is 29.1. The second kappa shape index (κ2) is 15.8. The zero-order valence-corrected chi connectivity index (χ0v) is 25.3. The number of rotatable bonds is 19. The van der Waals surface area contributed by atoms with Crippen LogP contribution in [-0.4, -0.2) is 66.4 Å². The number of hydrogen-bond donors (Lipinski definition) is 0. The molecule has 0 spiro atoms. The van der Waals surface area contributed by atoms with Crippen LogP contribution in [-0.2, 0) is 18.5 Å². The Kier molecular flexibility index (Phi) is 14.4. The third-order valence-electron chi connectivity index (χ3n) is 7.03. The van der Waals surface area contributed by atoms with E-state index in [1.165, 1.54) is 75.2 Å². The summed E-state index contributed by atoms with van der Waals surface area (Å²) in [5.74, 6) is -0.489. The lowest BCUT2D eigenvalue weighted by atomic mass is 10.1. The SMILES string of the molecule is C=C1CCC(=O)N1OC(=O)CCCCC[N+](CCCC)(CCCCC)CCC[Si](C)(C)O[SiH3]. The zero-order valence-electron chi connectivity index (χ0n) is 22.3. The lowest BCUT2D eigenvalue weighted by Crippen LogP contribution is -2.51. The second-order valence-corrected chi connectivity index (χ2v) is 16.0. The van der Waals surface area contributed by atoms with Crippen LogP contribution in [0, 0.1) is 0 Å². The number of unbranched alkanes of at least 4 members (excludes halogenated alkanes) is 5. The molecule has 1 amide bonds. The van der Waals surface area contributed by atoms with E-state index in [4.69, 9.17) is 8.95 Å². The van der Waals surface area contributed by atoms with Gasteiger partial charge in [-0.2, -0.15) is 0 Å². The maximum absolute atomic E-state index is 12.2. The molecule has 0 aromatic rings. The summed E-state index contributed by atoms with van der Waals surface area (Å²) in [7, 11) is -0.612. The number of carbonyl (C=O) groups excluding carboxylic acids is 2. The van der Waals surface area contributed by atoms with Crippen LogP contribution in [0.2, 0.25) is 19.1 Å². The third-order valence-corrected chi connectivity index (χ3v) is 13.0. The molecule has 0 radical (unpaired) electrons. The van der Waals surface area contributed by atoms with Crippen LogP contribution in [0.5, 0.6) is 0 Å². The summed E-state index contributed by atoms with van der Waals surface area (Å²) in [6.07, 6.45) is 11.9. The van der Waals surface area contributed by atoms with Gasteiger partial charge in [0.05, 0.1) is 31.9 Å². The van der Waals surface area contributed by atoms with Crippen LogP contribution in [0.4, 0.5) is 0 Å². The minimum Gasteiger partial charge on any atom is -0.463 e. The van der Waals surface area contributed by atoms with Crippen LogP contribution in [0.1, 0.15) is 90.9 Å². The predicted octanol–water partition coefficient (Wildman–Crippen LogP) is 4.84. The normalized spacial score (nSPS) is 16.4. The number of allylic oxidation sites excluding steroid dienone is 1. The van der Waals surface area contributed by atoms with Crippen LogP contribution in [0.25, 0.3) is 0 Å². The lowest BCUT2D eigenvalue weighted by Gasteiger charge is -2.40. The molecule has 0 aromatic heterocycles. The first-order chi connectivity index (χ1) is 15.7. The standard InChI is InChI=1S/C25H51N2O4Si2/c1-6-8-12-19-27(18-9-7-2,21-14-22-33(4,5)31-32)20-13-10-11-15-25(29)30-26-23(3)16-17-24(26)28/h3,6-22H2,1-2,4-5,32H3/q+1. The maximum atomic E-state index is 12.2. The summed E-state index contributed by atoms with van der Waals surface area (Å²) >= 11 is 0. The molecule has 8 heteroatoms. The number of hydroxylamine groups is 2. The Labute approximate surface area is 207 Å². The first-order valence-electron chi connectivity index (χ1n) is 13.3. The van der Waals surface area contributed by atoms with E-state index in [1.807, 2.05) is 0 Å². The molecule has 192 valence electrons. The van der Waals surface area contributed by atoms with Crippen LogP contribution in [0.3, 0.4) is 0 Å². The van der Waals surface area contributed by atoms with E-state index in [0.29, 0.717) is 25.0 Å². The van der Waals surface area contributed by atoms with Gasteiger partial charge in [0.15, 0.2) is 8.32 Å². The molecule has 1 fully saturated rings. The van der Waals surface area contributed by atoms with E-state index in [2.05, 4.69) is 33.5 Å². The summed E-state index contributed by atoms with van der Waals surface area (Å²) in [5.41, 5.74) is 0.584. The highest BCUT2D eigenvalue weighted by molar-refractivity contribution is 6.73. The van der Waals surface area contributed by atoms with Crippen molar-refractivity contribution in [2.45, 2.75) is 110 Å². The van der Waals surface area contributed by atoms with Gasteiger partial charge in [-0.1, -0.05) is 33.3 Å². The minimum atomic E-state index is -1.46. The molecule has 0 aliphatic carbocycles. The average Bonchev–Trinajstić information content (AvgIpc) is 3.09. The van der Waals surface area contributed by atoms with E-state index in [0.717, 1.165) is 34.8 Å². The van der Waals surface area contributed by atoms with Crippen molar-refractivity contribution in [3.8, 4) is 0 Å². The van der Waals surface area contributed by atoms with Crippen LogP contribution >= 0.6 is 0 Å². The Bertz CT molecular complexity index is 599. The van der Waals surface area contributed by atoms with E-state index in [1.54, 1.807) is 0 Å². The van der Waals surface area contributed by atoms with Gasteiger partial charge >= 0.3 is 5.97 Å². The van der Waals surface area contributed by atoms with Gasteiger partial charge in [-0.3, -0.25) is 4.79 Å². The van der Waals surface area contributed by atoms with Crippen molar-refractivity contribution in [1.29, 1.82) is 0 Å². The molecule has 1 aliphatic heterocycles. The minimum absolute atomic E-state index is 0.166. The average molecular weight is 500 g/mol. The summed E-state index contributed by atoms with van der Waals surface area (Å²) in [6.45, 7) is 18.1. The monoisotopic (exact) mass is 499 g/mol. The van der Waals surface area contributed by atoms with Gasteiger partial charge in [-0.15, -0.1) is 5.06 Å². The van der Waals surface area contributed by atoms with Gasteiger partial charge in [0.1, 0.15) is 10.5 Å². The first kappa shape index (κ1) is 30.1. The molecular formula is C25H51N2O4Si2+. The quantitative estimate of drug-likeness (QED) is 0.145. The summed E-state index contributed by atoms with van der Waals surface area (Å²) < 4.78 is 7.15. The predicted molar refractivity (Wildman–Crippen MR) is 142 cm³/mol. The van der Waals surface area contributed by atoms with Gasteiger partial charge < -0.3 is 13.4 Å². The highest BCUT2D eigenvalue weighted by atomic mass is 28.4. The van der Waals surface area contributed by atoms with Crippen molar-refractivity contribution in [2.75, 3.05) is 26.2 Å². The van der Waals surface area contributed by atoms with Crippen LogP contribution in [0.15, 0.2) is 12.3 Å². The van der Waals surface area contributed by atoms with Crippen molar-refractivity contribution in [2.24, 2.45) is 0 Å². The second-order valence-electron chi connectivity index (χ2n) is 10.4. The molecule has 0 N–H and O–H groups in total. The van der Waals surface area contributed by atoms with Gasteiger partial charge in [0, 0.05) is 12.8 Å². The Morgan fingerprint density at radius 3 is 2.15 bits per heavy atom. The molecule has 1 aliphatic rings. The smallest absolute Gasteiger partial charge is 0.333 e. The number of quaternary nitrogens is 1. The summed E-state index contributed by atoms with van der Waals surface area (Å²) in [5, 5.41) is 1.09.